The molecule has 1 rings (SSSR count). The number of aliphatic carboxylic acids is 1. The van der Waals surface area contributed by atoms with E-state index in [2.05, 4.69) is 25.9 Å². The molecular formula is C20H33N7O6S. The summed E-state index contributed by atoms with van der Waals surface area (Å²) in [7, 11) is 0. The molecule has 1 aromatic heterocycles. The topological polar surface area (TPSA) is 222 Å². The quantitative estimate of drug-likeness (QED) is 0.143. The normalized spacial score (nSPS) is 14.5. The molecule has 1 heterocycles. The summed E-state index contributed by atoms with van der Waals surface area (Å²) < 4.78 is 0. The number of hydrogen-bond acceptors (Lipinski definition) is 8. The summed E-state index contributed by atoms with van der Waals surface area (Å²) in [5, 5.41) is 16.7. The molecule has 0 aliphatic heterocycles. The number of aromatic amines is 1. The van der Waals surface area contributed by atoms with Crippen molar-refractivity contribution in [1.29, 1.82) is 0 Å². The van der Waals surface area contributed by atoms with E-state index in [1.807, 2.05) is 6.26 Å². The predicted octanol–water partition coefficient (Wildman–Crippen LogP) is -1.90. The summed E-state index contributed by atoms with van der Waals surface area (Å²) in [6.07, 6.45) is 4.46. The van der Waals surface area contributed by atoms with Gasteiger partial charge in [-0.25, -0.2) is 9.78 Å². The Kier molecular flexibility index (Phi) is 12.1. The summed E-state index contributed by atoms with van der Waals surface area (Å²) in [5.41, 5.74) is 11.6. The number of nitrogens with zero attached hydrogens (tertiary/aromatic N) is 1. The monoisotopic (exact) mass is 499 g/mol. The second-order valence-electron chi connectivity index (χ2n) is 8.03. The summed E-state index contributed by atoms with van der Waals surface area (Å²) in [4.78, 5) is 67.9. The molecule has 0 saturated carbocycles. The molecule has 4 atom stereocenters. The van der Waals surface area contributed by atoms with Crippen LogP contribution in [0.1, 0.15) is 32.4 Å². The lowest BCUT2D eigenvalue weighted by Gasteiger charge is -2.25. The lowest BCUT2D eigenvalue weighted by atomic mass is 10.0. The van der Waals surface area contributed by atoms with E-state index in [4.69, 9.17) is 11.5 Å². The van der Waals surface area contributed by atoms with Crippen molar-refractivity contribution in [2.45, 2.75) is 57.3 Å². The highest BCUT2D eigenvalue weighted by molar-refractivity contribution is 7.98. The standard InChI is InChI=1S/C20H33N7O6S/c1-10(2)16(20(32)33)27-19(31)13(6-11-8-23-9-24-11)26-18(30)14(7-15(22)28)25-17(29)12(21)4-5-34-3/h8-10,12-14,16H,4-7,21H2,1-3H3,(H2,22,28)(H,23,24)(H,25,29)(H,26,30)(H,27,31)(H,32,33). The van der Waals surface area contributed by atoms with Gasteiger partial charge in [-0.2, -0.15) is 11.8 Å². The Hall–Kier alpha value is -3.13. The van der Waals surface area contributed by atoms with Gasteiger partial charge in [0.05, 0.1) is 18.8 Å². The van der Waals surface area contributed by atoms with Crippen LogP contribution >= 0.6 is 11.8 Å². The number of primary amides is 1. The van der Waals surface area contributed by atoms with Gasteiger partial charge >= 0.3 is 5.97 Å². The van der Waals surface area contributed by atoms with Gasteiger partial charge in [-0.05, 0) is 24.3 Å². The molecule has 13 nitrogen and oxygen atoms in total. The fraction of sp³-hybridized carbons (Fsp3) is 0.600. The number of nitrogens with two attached hydrogens (primary N) is 2. The summed E-state index contributed by atoms with van der Waals surface area (Å²) >= 11 is 1.50. The van der Waals surface area contributed by atoms with E-state index in [0.29, 0.717) is 17.9 Å². The molecule has 1 aromatic rings. The zero-order valence-electron chi connectivity index (χ0n) is 19.4. The molecule has 9 N–H and O–H groups in total. The largest absolute Gasteiger partial charge is 0.480 e. The summed E-state index contributed by atoms with van der Waals surface area (Å²) in [5.74, 6) is -4.13. The number of aromatic nitrogens is 2. The Bertz CT molecular complexity index is 848. The van der Waals surface area contributed by atoms with Gasteiger partial charge < -0.3 is 37.5 Å². The van der Waals surface area contributed by atoms with Crippen molar-refractivity contribution in [2.24, 2.45) is 17.4 Å². The van der Waals surface area contributed by atoms with Crippen LogP contribution < -0.4 is 27.4 Å². The average Bonchev–Trinajstić information content (AvgIpc) is 3.26. The molecular weight excluding hydrogens is 466 g/mol. The van der Waals surface area contributed by atoms with Crippen LogP contribution in [0, 0.1) is 5.92 Å². The Morgan fingerprint density at radius 3 is 2.21 bits per heavy atom. The highest BCUT2D eigenvalue weighted by atomic mass is 32.2. The van der Waals surface area contributed by atoms with Gasteiger partial charge in [-0.1, -0.05) is 13.8 Å². The second kappa shape index (κ2) is 14.2. The van der Waals surface area contributed by atoms with Crippen LogP contribution in [-0.2, 0) is 30.4 Å². The maximum atomic E-state index is 12.9. The Balaban J connectivity index is 3.04. The average molecular weight is 500 g/mol. The third-order valence-corrected chi connectivity index (χ3v) is 5.49. The van der Waals surface area contributed by atoms with Crippen LogP contribution in [0.2, 0.25) is 0 Å². The van der Waals surface area contributed by atoms with E-state index in [9.17, 15) is 29.1 Å². The van der Waals surface area contributed by atoms with Crippen molar-refractivity contribution < 1.29 is 29.1 Å². The van der Waals surface area contributed by atoms with Gasteiger partial charge in [0.1, 0.15) is 18.1 Å². The molecule has 34 heavy (non-hydrogen) atoms. The first-order valence-electron chi connectivity index (χ1n) is 10.6. The van der Waals surface area contributed by atoms with Crippen LogP contribution in [0.3, 0.4) is 0 Å². The number of nitrogens with one attached hydrogen (secondary N) is 4. The van der Waals surface area contributed by atoms with Gasteiger partial charge in [0, 0.05) is 18.3 Å². The van der Waals surface area contributed by atoms with Crippen LogP contribution in [0.15, 0.2) is 12.5 Å². The Labute approximate surface area is 201 Å². The molecule has 0 aliphatic carbocycles. The maximum Gasteiger partial charge on any atom is 0.326 e. The molecule has 0 aromatic carbocycles. The lowest BCUT2D eigenvalue weighted by Crippen LogP contribution is -2.58. The van der Waals surface area contributed by atoms with E-state index >= 15 is 0 Å². The van der Waals surface area contributed by atoms with E-state index < -0.39 is 66.1 Å². The Morgan fingerprint density at radius 2 is 1.71 bits per heavy atom. The zero-order chi connectivity index (χ0) is 25.8. The second-order valence-corrected chi connectivity index (χ2v) is 9.02. The van der Waals surface area contributed by atoms with Gasteiger partial charge in [-0.3, -0.25) is 19.2 Å². The molecule has 0 spiro atoms. The minimum atomic E-state index is -1.37. The van der Waals surface area contributed by atoms with Gasteiger partial charge in [0.25, 0.3) is 0 Å². The number of carboxylic acid groups (broad SMARTS) is 1. The van der Waals surface area contributed by atoms with E-state index in [0.717, 1.165) is 0 Å². The number of thioether (sulfide) groups is 1. The molecule has 4 unspecified atom stereocenters. The number of hydrogen-bond donors (Lipinski definition) is 7. The van der Waals surface area contributed by atoms with Crippen LogP contribution in [0.5, 0.6) is 0 Å². The van der Waals surface area contributed by atoms with Gasteiger partial charge in [-0.15, -0.1) is 0 Å². The van der Waals surface area contributed by atoms with Gasteiger partial charge in [0.2, 0.25) is 23.6 Å². The molecule has 4 amide bonds. The van der Waals surface area contributed by atoms with E-state index in [-0.39, 0.29) is 6.42 Å². The van der Waals surface area contributed by atoms with Gasteiger partial charge in [0.15, 0.2) is 0 Å². The van der Waals surface area contributed by atoms with Crippen molar-refractivity contribution in [3.63, 3.8) is 0 Å². The van der Waals surface area contributed by atoms with E-state index in [1.54, 1.807) is 13.8 Å². The van der Waals surface area contributed by atoms with Crippen molar-refractivity contribution in [3.05, 3.63) is 18.2 Å². The molecule has 0 radical (unpaired) electrons. The zero-order valence-corrected chi connectivity index (χ0v) is 20.2. The fourth-order valence-corrected chi connectivity index (χ4v) is 3.42. The maximum absolute atomic E-state index is 12.9. The molecule has 0 saturated heterocycles. The summed E-state index contributed by atoms with van der Waals surface area (Å²) in [6, 6.07) is -4.69. The highest BCUT2D eigenvalue weighted by Crippen LogP contribution is 2.06. The number of imidazole rings is 1. The number of carboxylic acids is 1. The SMILES string of the molecule is CSCCC(N)C(=O)NC(CC(N)=O)C(=O)NC(Cc1cnc[nH]1)C(=O)NC(C(=O)O)C(C)C. The van der Waals surface area contributed by atoms with Crippen molar-refractivity contribution in [2.75, 3.05) is 12.0 Å². The number of carbonyl (C=O) groups is 5. The van der Waals surface area contributed by atoms with Crippen LogP contribution in [0.25, 0.3) is 0 Å². The van der Waals surface area contributed by atoms with Crippen molar-refractivity contribution in [3.8, 4) is 0 Å². The highest BCUT2D eigenvalue weighted by Gasteiger charge is 2.32. The molecule has 190 valence electrons. The molecule has 0 fully saturated rings. The third-order valence-electron chi connectivity index (χ3n) is 4.85. The molecule has 14 heteroatoms. The van der Waals surface area contributed by atoms with Crippen LogP contribution in [0.4, 0.5) is 0 Å². The van der Waals surface area contributed by atoms with E-state index in [1.165, 1.54) is 24.3 Å². The molecule has 0 aliphatic rings. The molecule has 0 bridgehead atoms. The summed E-state index contributed by atoms with van der Waals surface area (Å²) in [6.45, 7) is 3.25. The van der Waals surface area contributed by atoms with Crippen molar-refractivity contribution >= 4 is 41.4 Å². The lowest BCUT2D eigenvalue weighted by molar-refractivity contribution is -0.143. The number of rotatable bonds is 15. The minimum Gasteiger partial charge on any atom is -0.480 e. The fourth-order valence-electron chi connectivity index (χ4n) is 2.93. The van der Waals surface area contributed by atoms with Crippen molar-refractivity contribution in [1.82, 2.24) is 25.9 Å². The third kappa shape index (κ3) is 9.79. The first kappa shape index (κ1) is 28.9. The predicted molar refractivity (Wildman–Crippen MR) is 125 cm³/mol. The first-order chi connectivity index (χ1) is 16.0. The number of amides is 4. The number of H-pyrrole nitrogens is 1. The first-order valence-corrected chi connectivity index (χ1v) is 12.0. The van der Waals surface area contributed by atoms with Crippen LogP contribution in [-0.4, -0.2) is 80.8 Å². The minimum absolute atomic E-state index is 0.0491. The Morgan fingerprint density at radius 1 is 1.09 bits per heavy atom. The smallest absolute Gasteiger partial charge is 0.326 e. The number of carbonyl (C=O) groups excluding carboxylic acids is 4.